The Morgan fingerprint density at radius 1 is 1.50 bits per heavy atom. The normalized spacial score (nSPS) is 38.9. The Hall–Kier alpha value is -0.610. The fraction of sp³-hybridized carbons (Fsp3) is 0.917. The number of aliphatic hydroxyl groups is 1. The van der Waals surface area contributed by atoms with Crippen LogP contribution in [0.3, 0.4) is 0 Å². The summed E-state index contributed by atoms with van der Waals surface area (Å²) in [6.45, 7) is 3.80. The maximum Gasteiger partial charge on any atom is 0.237 e. The number of amides is 1. The van der Waals surface area contributed by atoms with Crippen LogP contribution in [0.2, 0.25) is 0 Å². The number of nitrogens with one attached hydrogen (secondary N) is 2. The molecule has 0 aromatic heterocycles. The van der Waals surface area contributed by atoms with Gasteiger partial charge in [0, 0.05) is 6.54 Å². The highest BCUT2D eigenvalue weighted by atomic mass is 16.3. The first-order valence-electron chi connectivity index (χ1n) is 6.36. The van der Waals surface area contributed by atoms with Gasteiger partial charge in [0.1, 0.15) is 0 Å². The van der Waals surface area contributed by atoms with Crippen molar-refractivity contribution in [3.63, 3.8) is 0 Å². The second-order valence-corrected chi connectivity index (χ2v) is 5.29. The van der Waals surface area contributed by atoms with Crippen molar-refractivity contribution >= 4 is 5.91 Å². The number of carbonyl (C=O) groups is 1. The number of rotatable bonds is 3. The standard InChI is InChI=1S/C12H22N2O2/c1-8-3-2-4-13-11(8)12(16)14-7-9-5-10(15)6-9/h8-11,13,15H,2-7H2,1H3,(H,14,16). The summed E-state index contributed by atoms with van der Waals surface area (Å²) < 4.78 is 0. The topological polar surface area (TPSA) is 61.4 Å². The Balaban J connectivity index is 1.70. The molecule has 1 aliphatic carbocycles. The van der Waals surface area contributed by atoms with Crippen LogP contribution >= 0.6 is 0 Å². The SMILES string of the molecule is CC1CCCNC1C(=O)NCC1CC(O)C1. The van der Waals surface area contributed by atoms with Gasteiger partial charge < -0.3 is 15.7 Å². The monoisotopic (exact) mass is 226 g/mol. The van der Waals surface area contributed by atoms with Gasteiger partial charge in [-0.3, -0.25) is 4.79 Å². The van der Waals surface area contributed by atoms with Gasteiger partial charge in [0.2, 0.25) is 5.91 Å². The molecule has 1 heterocycles. The zero-order valence-corrected chi connectivity index (χ0v) is 9.91. The van der Waals surface area contributed by atoms with Crippen LogP contribution in [0.25, 0.3) is 0 Å². The minimum atomic E-state index is -0.131. The zero-order valence-electron chi connectivity index (χ0n) is 9.91. The average molecular weight is 226 g/mol. The third kappa shape index (κ3) is 2.74. The summed E-state index contributed by atoms with van der Waals surface area (Å²) in [4.78, 5) is 11.9. The van der Waals surface area contributed by atoms with E-state index in [1.807, 2.05) is 0 Å². The van der Waals surface area contributed by atoms with E-state index in [9.17, 15) is 4.79 Å². The minimum Gasteiger partial charge on any atom is -0.393 e. The van der Waals surface area contributed by atoms with Gasteiger partial charge >= 0.3 is 0 Å². The first kappa shape index (κ1) is 11.9. The van der Waals surface area contributed by atoms with Gasteiger partial charge in [-0.2, -0.15) is 0 Å². The predicted octanol–water partition coefficient (Wildman–Crippen LogP) is 0.262. The molecule has 0 radical (unpaired) electrons. The van der Waals surface area contributed by atoms with Crippen LogP contribution in [0.1, 0.15) is 32.6 Å². The quantitative estimate of drug-likeness (QED) is 0.647. The van der Waals surface area contributed by atoms with Crippen molar-refractivity contribution in [2.24, 2.45) is 11.8 Å². The highest BCUT2D eigenvalue weighted by Gasteiger charge is 2.30. The number of hydrogen-bond acceptors (Lipinski definition) is 3. The molecule has 1 aliphatic heterocycles. The number of aliphatic hydroxyl groups excluding tert-OH is 1. The van der Waals surface area contributed by atoms with Crippen LogP contribution in [0.5, 0.6) is 0 Å². The second kappa shape index (κ2) is 5.15. The van der Waals surface area contributed by atoms with Crippen molar-refractivity contribution in [3.05, 3.63) is 0 Å². The molecular weight excluding hydrogens is 204 g/mol. The van der Waals surface area contributed by atoms with E-state index >= 15 is 0 Å². The Bertz CT molecular complexity index is 251. The van der Waals surface area contributed by atoms with E-state index in [0.29, 0.717) is 11.8 Å². The maximum atomic E-state index is 11.9. The molecular formula is C12H22N2O2. The van der Waals surface area contributed by atoms with E-state index in [1.54, 1.807) is 0 Å². The molecule has 0 aromatic carbocycles. The van der Waals surface area contributed by atoms with Gasteiger partial charge in [-0.25, -0.2) is 0 Å². The van der Waals surface area contributed by atoms with Crippen LogP contribution in [-0.2, 0) is 4.79 Å². The van der Waals surface area contributed by atoms with Gasteiger partial charge in [-0.15, -0.1) is 0 Å². The predicted molar refractivity (Wildman–Crippen MR) is 61.9 cm³/mol. The Kier molecular flexibility index (Phi) is 3.82. The molecule has 1 saturated carbocycles. The second-order valence-electron chi connectivity index (χ2n) is 5.29. The van der Waals surface area contributed by atoms with Crippen LogP contribution in [0.4, 0.5) is 0 Å². The van der Waals surface area contributed by atoms with E-state index in [0.717, 1.165) is 32.4 Å². The number of carbonyl (C=O) groups excluding carboxylic acids is 1. The van der Waals surface area contributed by atoms with E-state index < -0.39 is 0 Å². The lowest BCUT2D eigenvalue weighted by molar-refractivity contribution is -0.125. The minimum absolute atomic E-state index is 0.0150. The molecule has 1 amide bonds. The molecule has 16 heavy (non-hydrogen) atoms. The fourth-order valence-corrected chi connectivity index (χ4v) is 2.62. The summed E-state index contributed by atoms with van der Waals surface area (Å²) in [5.41, 5.74) is 0. The molecule has 0 spiro atoms. The highest BCUT2D eigenvalue weighted by Crippen LogP contribution is 2.26. The molecule has 0 aromatic rings. The van der Waals surface area contributed by atoms with Crippen LogP contribution < -0.4 is 10.6 Å². The molecule has 4 heteroatoms. The summed E-state index contributed by atoms with van der Waals surface area (Å²) in [5.74, 6) is 1.05. The summed E-state index contributed by atoms with van der Waals surface area (Å²) >= 11 is 0. The third-order valence-electron chi connectivity index (χ3n) is 3.83. The maximum absolute atomic E-state index is 11.9. The zero-order chi connectivity index (χ0) is 11.5. The first-order chi connectivity index (χ1) is 7.66. The summed E-state index contributed by atoms with van der Waals surface area (Å²) in [6.07, 6.45) is 3.85. The summed E-state index contributed by atoms with van der Waals surface area (Å²) in [5, 5.41) is 15.4. The van der Waals surface area contributed by atoms with Crippen molar-refractivity contribution in [1.82, 2.24) is 10.6 Å². The molecule has 2 atom stereocenters. The number of piperidine rings is 1. The van der Waals surface area contributed by atoms with E-state index in [-0.39, 0.29) is 18.1 Å². The number of hydrogen-bond donors (Lipinski definition) is 3. The van der Waals surface area contributed by atoms with Crippen LogP contribution in [0, 0.1) is 11.8 Å². The highest BCUT2D eigenvalue weighted by molar-refractivity contribution is 5.82. The molecule has 92 valence electrons. The molecule has 4 nitrogen and oxygen atoms in total. The van der Waals surface area contributed by atoms with E-state index in [2.05, 4.69) is 17.6 Å². The van der Waals surface area contributed by atoms with Crippen molar-refractivity contribution in [1.29, 1.82) is 0 Å². The van der Waals surface area contributed by atoms with Crippen LogP contribution in [-0.4, -0.2) is 36.2 Å². The largest absolute Gasteiger partial charge is 0.393 e. The Morgan fingerprint density at radius 2 is 2.25 bits per heavy atom. The van der Waals surface area contributed by atoms with Crippen molar-refractivity contribution < 1.29 is 9.90 Å². The fourth-order valence-electron chi connectivity index (χ4n) is 2.62. The molecule has 3 N–H and O–H groups in total. The Morgan fingerprint density at radius 3 is 2.88 bits per heavy atom. The lowest BCUT2D eigenvalue weighted by atomic mass is 9.82. The molecule has 1 saturated heterocycles. The molecule has 2 unspecified atom stereocenters. The third-order valence-corrected chi connectivity index (χ3v) is 3.83. The lowest BCUT2D eigenvalue weighted by Gasteiger charge is -2.33. The molecule has 2 rings (SSSR count). The van der Waals surface area contributed by atoms with E-state index in [1.165, 1.54) is 6.42 Å². The lowest BCUT2D eigenvalue weighted by Crippen LogP contribution is -2.52. The van der Waals surface area contributed by atoms with Crippen molar-refractivity contribution in [3.8, 4) is 0 Å². The smallest absolute Gasteiger partial charge is 0.237 e. The summed E-state index contributed by atoms with van der Waals surface area (Å²) in [7, 11) is 0. The van der Waals surface area contributed by atoms with Gasteiger partial charge in [0.15, 0.2) is 0 Å². The molecule has 0 bridgehead atoms. The molecule has 2 aliphatic rings. The van der Waals surface area contributed by atoms with Gasteiger partial charge in [0.25, 0.3) is 0 Å². The summed E-state index contributed by atoms with van der Waals surface area (Å²) in [6, 6.07) is -0.0150. The van der Waals surface area contributed by atoms with Crippen molar-refractivity contribution in [2.75, 3.05) is 13.1 Å². The first-order valence-corrected chi connectivity index (χ1v) is 6.36. The van der Waals surface area contributed by atoms with Crippen LogP contribution in [0.15, 0.2) is 0 Å². The van der Waals surface area contributed by atoms with Crippen molar-refractivity contribution in [2.45, 2.75) is 44.8 Å². The van der Waals surface area contributed by atoms with E-state index in [4.69, 9.17) is 5.11 Å². The van der Waals surface area contributed by atoms with Gasteiger partial charge in [-0.05, 0) is 44.1 Å². The molecule has 2 fully saturated rings. The average Bonchev–Trinajstić information content (AvgIpc) is 2.23. The van der Waals surface area contributed by atoms with Gasteiger partial charge in [0.05, 0.1) is 12.1 Å². The Labute approximate surface area is 96.8 Å². The van der Waals surface area contributed by atoms with Gasteiger partial charge in [-0.1, -0.05) is 6.92 Å².